The smallest absolute Gasteiger partial charge is 0.287 e. The van der Waals surface area contributed by atoms with Crippen LogP contribution < -0.4 is 5.32 Å². The maximum absolute atomic E-state index is 15.1. The van der Waals surface area contributed by atoms with Crippen molar-refractivity contribution >= 4 is 5.91 Å². The van der Waals surface area contributed by atoms with Gasteiger partial charge in [0.25, 0.3) is 11.8 Å². The third-order valence-corrected chi connectivity index (χ3v) is 7.25. The molecule has 0 aliphatic heterocycles. The van der Waals surface area contributed by atoms with E-state index in [0.717, 1.165) is 37.4 Å². The molecule has 1 saturated carbocycles. The molecule has 1 N–H and O–H groups in total. The van der Waals surface area contributed by atoms with Crippen LogP contribution in [0.3, 0.4) is 0 Å². The molecule has 4 aromatic rings. The molecule has 2 aliphatic rings. The Bertz CT molecular complexity index is 1440. The van der Waals surface area contributed by atoms with Crippen molar-refractivity contribution in [3.05, 3.63) is 76.9 Å². The van der Waals surface area contributed by atoms with Gasteiger partial charge in [-0.05, 0) is 31.0 Å². The number of halogens is 2. The van der Waals surface area contributed by atoms with Gasteiger partial charge in [0.2, 0.25) is 5.76 Å². The van der Waals surface area contributed by atoms with Crippen LogP contribution in [-0.2, 0) is 37.9 Å². The van der Waals surface area contributed by atoms with E-state index >= 15 is 8.78 Å². The number of carbonyl (C=O) groups is 1. The van der Waals surface area contributed by atoms with E-state index in [4.69, 9.17) is 9.52 Å². The van der Waals surface area contributed by atoms with Crippen molar-refractivity contribution < 1.29 is 18.0 Å². The van der Waals surface area contributed by atoms with Gasteiger partial charge in [-0.3, -0.25) is 19.1 Å². The fourth-order valence-corrected chi connectivity index (χ4v) is 5.43. The Kier molecular flexibility index (Phi) is 5.10. The summed E-state index contributed by atoms with van der Waals surface area (Å²) in [6.07, 6.45) is 8.79. The highest BCUT2D eigenvalue weighted by atomic mass is 19.3. The van der Waals surface area contributed by atoms with Gasteiger partial charge in [0.1, 0.15) is 11.5 Å². The van der Waals surface area contributed by atoms with Gasteiger partial charge >= 0.3 is 0 Å². The molecule has 8 nitrogen and oxygen atoms in total. The van der Waals surface area contributed by atoms with Crippen LogP contribution in [0.25, 0.3) is 11.3 Å². The maximum Gasteiger partial charge on any atom is 0.287 e. The van der Waals surface area contributed by atoms with Gasteiger partial charge < -0.3 is 9.73 Å². The van der Waals surface area contributed by atoms with Gasteiger partial charge in [-0.2, -0.15) is 10.2 Å². The molecule has 4 aromatic heterocycles. The fraction of sp³-hybridized carbons (Fsp3) is 0.385. The second-order valence-electron chi connectivity index (χ2n) is 9.88. The normalized spacial score (nSPS) is 15.9. The van der Waals surface area contributed by atoms with Gasteiger partial charge in [-0.15, -0.1) is 0 Å². The van der Waals surface area contributed by atoms with Crippen molar-refractivity contribution in [3.63, 3.8) is 0 Å². The first-order valence-electron chi connectivity index (χ1n) is 12.0. The Morgan fingerprint density at radius 2 is 2.06 bits per heavy atom. The Labute approximate surface area is 206 Å². The van der Waals surface area contributed by atoms with Crippen LogP contribution in [0.5, 0.6) is 0 Å². The molecule has 0 unspecified atom stereocenters. The van der Waals surface area contributed by atoms with E-state index in [1.54, 1.807) is 34.9 Å². The first-order valence-corrected chi connectivity index (χ1v) is 12.0. The third kappa shape index (κ3) is 3.71. The minimum absolute atomic E-state index is 0.105. The van der Waals surface area contributed by atoms with E-state index in [2.05, 4.69) is 15.4 Å². The zero-order valence-corrected chi connectivity index (χ0v) is 20.1. The number of nitrogens with one attached hydrogen (secondary N) is 1. The molecule has 0 aromatic carbocycles. The Hall–Kier alpha value is -3.82. The van der Waals surface area contributed by atoms with Crippen molar-refractivity contribution in [1.82, 2.24) is 29.9 Å². The van der Waals surface area contributed by atoms with Crippen LogP contribution in [0.2, 0.25) is 0 Å². The van der Waals surface area contributed by atoms with Crippen LogP contribution in [-0.4, -0.2) is 30.5 Å². The minimum Gasteiger partial charge on any atom is -0.455 e. The number of carbonyl (C=O) groups excluding carboxylic acids is 1. The molecule has 4 heterocycles. The molecule has 0 bridgehead atoms. The fourth-order valence-electron chi connectivity index (χ4n) is 5.43. The average Bonchev–Trinajstić information content (AvgIpc) is 3.52. The second-order valence-corrected chi connectivity index (χ2v) is 9.88. The highest BCUT2D eigenvalue weighted by Gasteiger charge is 2.50. The molecule has 1 fully saturated rings. The zero-order valence-electron chi connectivity index (χ0n) is 20.1. The molecular weight excluding hydrogens is 466 g/mol. The first-order chi connectivity index (χ1) is 17.2. The molecule has 1 amide bonds. The van der Waals surface area contributed by atoms with Crippen molar-refractivity contribution in [2.45, 2.75) is 57.0 Å². The van der Waals surface area contributed by atoms with Crippen molar-refractivity contribution in [1.29, 1.82) is 0 Å². The van der Waals surface area contributed by atoms with Crippen molar-refractivity contribution in [2.24, 2.45) is 7.05 Å². The zero-order chi connectivity index (χ0) is 25.1. The lowest BCUT2D eigenvalue weighted by atomic mass is 9.59. The molecule has 186 valence electrons. The topological polar surface area (TPSA) is 90.8 Å². The number of nitrogens with zero attached hydrogens (tertiary/aromatic N) is 5. The van der Waals surface area contributed by atoms with Crippen LogP contribution in [0.4, 0.5) is 8.78 Å². The van der Waals surface area contributed by atoms with E-state index < -0.39 is 17.4 Å². The minimum atomic E-state index is -3.30. The number of amides is 1. The van der Waals surface area contributed by atoms with Crippen LogP contribution >= 0.6 is 0 Å². The summed E-state index contributed by atoms with van der Waals surface area (Å²) in [7, 11) is 1.77. The maximum atomic E-state index is 15.1. The SMILES string of the molecule is Cn1ccc(CNC(=O)c2oc3c(c2C(C)(F)F)-c2nn(Cc4ccccn4)cc2C2(CCC2)C3)n1. The van der Waals surface area contributed by atoms with Crippen LogP contribution in [0.15, 0.2) is 47.3 Å². The molecule has 36 heavy (non-hydrogen) atoms. The van der Waals surface area contributed by atoms with Crippen LogP contribution in [0, 0.1) is 0 Å². The highest BCUT2D eigenvalue weighted by molar-refractivity contribution is 5.96. The Morgan fingerprint density at radius 1 is 1.22 bits per heavy atom. The summed E-state index contributed by atoms with van der Waals surface area (Å²) in [5, 5.41) is 11.7. The number of fused-ring (bicyclic) bond motifs is 4. The summed E-state index contributed by atoms with van der Waals surface area (Å²) in [6.45, 7) is 1.33. The van der Waals surface area contributed by atoms with Gasteiger partial charge in [0.15, 0.2) is 0 Å². The summed E-state index contributed by atoms with van der Waals surface area (Å²) >= 11 is 0. The number of aryl methyl sites for hydroxylation is 1. The highest BCUT2D eigenvalue weighted by Crippen LogP contribution is 2.56. The summed E-state index contributed by atoms with van der Waals surface area (Å²) in [4.78, 5) is 17.5. The van der Waals surface area contributed by atoms with Crippen LogP contribution in [0.1, 0.15) is 65.0 Å². The van der Waals surface area contributed by atoms with Gasteiger partial charge in [-0.1, -0.05) is 12.5 Å². The summed E-state index contributed by atoms with van der Waals surface area (Å²) in [5.41, 5.74) is 2.51. The largest absolute Gasteiger partial charge is 0.455 e. The predicted octanol–water partition coefficient (Wildman–Crippen LogP) is 4.34. The summed E-state index contributed by atoms with van der Waals surface area (Å²) in [6, 6.07) is 7.40. The lowest BCUT2D eigenvalue weighted by Crippen LogP contribution is -2.38. The molecule has 6 rings (SSSR count). The number of aromatic nitrogens is 5. The van der Waals surface area contributed by atoms with E-state index in [9.17, 15) is 4.79 Å². The summed E-state index contributed by atoms with van der Waals surface area (Å²) in [5.74, 6) is -3.94. The molecule has 0 radical (unpaired) electrons. The van der Waals surface area contributed by atoms with E-state index in [1.807, 2.05) is 24.4 Å². The standard InChI is InChI=1S/C26H26F2N6O2/c1-25(27,28)21-20-19(36-23(21)24(35)30-13-16-7-11-33(2)31-16)12-26(8-5-9-26)18-15-34(32-22(18)20)14-17-6-3-4-10-29-17/h3-4,6-7,10-11,15H,5,8-9,12-14H2,1-2H3,(H,30,35). The lowest BCUT2D eigenvalue weighted by Gasteiger charge is -2.43. The van der Waals surface area contributed by atoms with Crippen molar-refractivity contribution in [3.8, 4) is 11.3 Å². The quantitative estimate of drug-likeness (QED) is 0.433. The van der Waals surface area contributed by atoms with Gasteiger partial charge in [-0.25, -0.2) is 8.78 Å². The molecule has 0 atom stereocenters. The Morgan fingerprint density at radius 3 is 2.69 bits per heavy atom. The third-order valence-electron chi connectivity index (χ3n) is 7.25. The number of rotatable bonds is 6. The second kappa shape index (κ2) is 8.11. The molecule has 2 aliphatic carbocycles. The number of hydrogen-bond donors (Lipinski definition) is 1. The van der Waals surface area contributed by atoms with E-state index in [1.165, 1.54) is 0 Å². The number of furan rings is 1. The summed E-state index contributed by atoms with van der Waals surface area (Å²) < 4.78 is 39.5. The van der Waals surface area contributed by atoms with Gasteiger partial charge in [0, 0.05) is 50.0 Å². The Balaban J connectivity index is 1.42. The number of hydrogen-bond acceptors (Lipinski definition) is 5. The van der Waals surface area contributed by atoms with E-state index in [0.29, 0.717) is 30.1 Å². The number of pyridine rings is 1. The molecular formula is C26H26F2N6O2. The lowest BCUT2D eigenvalue weighted by molar-refractivity contribution is 0.0159. The molecule has 0 saturated heterocycles. The average molecular weight is 493 g/mol. The van der Waals surface area contributed by atoms with Gasteiger partial charge in [0.05, 0.1) is 35.6 Å². The van der Waals surface area contributed by atoms with Crippen molar-refractivity contribution in [2.75, 3.05) is 0 Å². The number of alkyl halides is 2. The van der Waals surface area contributed by atoms with E-state index in [-0.39, 0.29) is 23.3 Å². The predicted molar refractivity (Wildman–Crippen MR) is 126 cm³/mol. The monoisotopic (exact) mass is 492 g/mol. The first kappa shape index (κ1) is 22.6. The molecule has 1 spiro atoms. The molecule has 10 heteroatoms.